The number of amides is 1. The first-order chi connectivity index (χ1) is 7.70. The number of hydrogen-bond acceptors (Lipinski definition) is 3. The highest BCUT2D eigenvalue weighted by atomic mass is 127. The lowest BCUT2D eigenvalue weighted by Crippen LogP contribution is -2.41. The third-order valence-electron chi connectivity index (χ3n) is 2.70. The monoisotopic (exact) mass is 367 g/mol. The van der Waals surface area contributed by atoms with Gasteiger partial charge >= 0.3 is 0 Å². The molecule has 1 aromatic heterocycles. The fourth-order valence-corrected chi connectivity index (χ4v) is 4.26. The molecule has 88 valence electrons. The van der Waals surface area contributed by atoms with Crippen LogP contribution >= 0.6 is 45.7 Å². The summed E-state index contributed by atoms with van der Waals surface area (Å²) in [6.07, 6.45) is 1.15. The van der Waals surface area contributed by atoms with E-state index in [1.54, 1.807) is 11.3 Å². The van der Waals surface area contributed by atoms with Gasteiger partial charge in [-0.25, -0.2) is 0 Å². The van der Waals surface area contributed by atoms with Crippen LogP contribution in [0, 0.1) is 2.88 Å². The molecule has 0 aliphatic carbocycles. The molecule has 0 spiro atoms. The molecule has 1 aliphatic rings. The zero-order valence-electron chi connectivity index (χ0n) is 9.11. The van der Waals surface area contributed by atoms with Crippen LogP contribution in [0.2, 0.25) is 0 Å². The minimum atomic E-state index is 0.206. The van der Waals surface area contributed by atoms with Crippen molar-refractivity contribution in [1.29, 1.82) is 0 Å². The number of halogens is 1. The second-order valence-corrected chi connectivity index (χ2v) is 8.01. The highest BCUT2D eigenvalue weighted by molar-refractivity contribution is 14.1. The molecule has 0 radical (unpaired) electrons. The van der Waals surface area contributed by atoms with Crippen LogP contribution in [0.4, 0.5) is 0 Å². The topological polar surface area (TPSA) is 20.3 Å². The molecule has 1 aliphatic heterocycles. The maximum absolute atomic E-state index is 12.2. The lowest BCUT2D eigenvalue weighted by molar-refractivity contribution is 0.0761. The van der Waals surface area contributed by atoms with Crippen LogP contribution in [0.1, 0.15) is 23.7 Å². The lowest BCUT2D eigenvalue weighted by Gasteiger charge is -2.31. The Labute approximate surface area is 118 Å². The number of thiophene rings is 1. The van der Waals surface area contributed by atoms with E-state index in [-0.39, 0.29) is 5.91 Å². The second kappa shape index (κ2) is 5.73. The van der Waals surface area contributed by atoms with Crippen molar-refractivity contribution in [2.24, 2.45) is 0 Å². The molecule has 2 rings (SSSR count). The van der Waals surface area contributed by atoms with E-state index in [4.69, 9.17) is 0 Å². The van der Waals surface area contributed by atoms with E-state index in [2.05, 4.69) is 29.5 Å². The molecule has 16 heavy (non-hydrogen) atoms. The van der Waals surface area contributed by atoms with E-state index < -0.39 is 0 Å². The van der Waals surface area contributed by atoms with Gasteiger partial charge in [0.05, 0.1) is 8.45 Å². The summed E-state index contributed by atoms with van der Waals surface area (Å²) < 4.78 is 1.18. The minimum absolute atomic E-state index is 0.206. The van der Waals surface area contributed by atoms with Gasteiger partial charge in [-0.15, -0.1) is 11.3 Å². The van der Waals surface area contributed by atoms with Gasteiger partial charge in [0.25, 0.3) is 5.91 Å². The maximum Gasteiger partial charge on any atom is 0.254 e. The van der Waals surface area contributed by atoms with E-state index in [1.807, 2.05) is 28.1 Å². The summed E-state index contributed by atoms with van der Waals surface area (Å²) in [4.78, 5) is 14.2. The Hall–Kier alpha value is 0.250. The first-order valence-electron chi connectivity index (χ1n) is 5.35. The van der Waals surface area contributed by atoms with Crippen molar-refractivity contribution in [3.8, 4) is 0 Å². The predicted octanol–water partition coefficient (Wildman–Crippen LogP) is 3.32. The third-order valence-corrected chi connectivity index (χ3v) is 5.86. The second-order valence-electron chi connectivity index (χ2n) is 3.79. The molecule has 0 aromatic carbocycles. The molecule has 1 atom stereocenters. The van der Waals surface area contributed by atoms with E-state index in [1.165, 1.54) is 2.88 Å². The highest BCUT2D eigenvalue weighted by Gasteiger charge is 2.24. The number of nitrogens with zero attached hydrogens (tertiary/aromatic N) is 1. The molecule has 0 bridgehead atoms. The Kier molecular flexibility index (Phi) is 4.55. The molecule has 1 amide bonds. The van der Waals surface area contributed by atoms with Gasteiger partial charge < -0.3 is 4.90 Å². The van der Waals surface area contributed by atoms with Crippen LogP contribution in [0.25, 0.3) is 0 Å². The van der Waals surface area contributed by atoms with Crippen LogP contribution < -0.4 is 0 Å². The van der Waals surface area contributed by atoms with Gasteiger partial charge in [0, 0.05) is 29.5 Å². The van der Waals surface area contributed by atoms with Crippen molar-refractivity contribution in [3.05, 3.63) is 19.9 Å². The molecule has 5 heteroatoms. The number of thioether (sulfide) groups is 1. The van der Waals surface area contributed by atoms with Crippen LogP contribution in [-0.4, -0.2) is 34.9 Å². The van der Waals surface area contributed by atoms with Gasteiger partial charge in [0.15, 0.2) is 0 Å². The quantitative estimate of drug-likeness (QED) is 0.748. The number of rotatable bonds is 2. The van der Waals surface area contributed by atoms with E-state index >= 15 is 0 Å². The molecule has 2 heterocycles. The predicted molar refractivity (Wildman–Crippen MR) is 79.5 cm³/mol. The van der Waals surface area contributed by atoms with Crippen molar-refractivity contribution < 1.29 is 4.79 Å². The summed E-state index contributed by atoms with van der Waals surface area (Å²) in [6, 6.07) is 1.98. The first kappa shape index (κ1) is 12.7. The largest absolute Gasteiger partial charge is 0.337 e. The van der Waals surface area contributed by atoms with Crippen molar-refractivity contribution in [1.82, 2.24) is 4.90 Å². The van der Waals surface area contributed by atoms with Crippen LogP contribution in [0.3, 0.4) is 0 Å². The average molecular weight is 367 g/mol. The normalized spacial score (nSPS) is 21.1. The van der Waals surface area contributed by atoms with Gasteiger partial charge in [-0.1, -0.05) is 6.92 Å². The summed E-state index contributed by atoms with van der Waals surface area (Å²) in [6.45, 7) is 4.00. The van der Waals surface area contributed by atoms with Crippen LogP contribution in [-0.2, 0) is 0 Å². The van der Waals surface area contributed by atoms with Crippen LogP contribution in [0.5, 0.6) is 0 Å². The zero-order valence-corrected chi connectivity index (χ0v) is 12.9. The highest BCUT2D eigenvalue weighted by Crippen LogP contribution is 2.24. The fourth-order valence-electron chi connectivity index (χ4n) is 1.76. The molecule has 1 unspecified atom stereocenters. The molecule has 1 saturated heterocycles. The molecule has 1 fully saturated rings. The molecular formula is C11H14INOS2. The van der Waals surface area contributed by atoms with Crippen molar-refractivity contribution in [2.75, 3.05) is 18.8 Å². The fraction of sp³-hybridized carbons (Fsp3) is 0.545. The zero-order chi connectivity index (χ0) is 11.5. The number of hydrogen-bond donors (Lipinski definition) is 0. The Balaban J connectivity index is 2.04. The summed E-state index contributed by atoms with van der Waals surface area (Å²) in [5, 5.41) is 2.59. The summed E-state index contributed by atoms with van der Waals surface area (Å²) in [5.74, 6) is 1.28. The van der Waals surface area contributed by atoms with E-state index in [9.17, 15) is 4.79 Å². The number of carbonyl (C=O) groups excluding carboxylic acids is 1. The van der Waals surface area contributed by atoms with Crippen molar-refractivity contribution in [3.63, 3.8) is 0 Å². The van der Waals surface area contributed by atoms with Gasteiger partial charge in [0.2, 0.25) is 0 Å². The standard InChI is InChI=1S/C11H14INOS2/c1-2-9-6-13(3-4-15-9)11(14)8-5-10(12)16-7-8/h5,7,9H,2-4,6H2,1H3. The van der Waals surface area contributed by atoms with E-state index in [0.29, 0.717) is 5.25 Å². The summed E-state index contributed by atoms with van der Waals surface area (Å²) in [5.41, 5.74) is 0.858. The van der Waals surface area contributed by atoms with Gasteiger partial charge in [-0.05, 0) is 35.1 Å². The molecule has 0 saturated carbocycles. The Morgan fingerprint density at radius 2 is 2.50 bits per heavy atom. The van der Waals surface area contributed by atoms with Crippen molar-refractivity contribution in [2.45, 2.75) is 18.6 Å². The van der Waals surface area contributed by atoms with Crippen molar-refractivity contribution >= 4 is 51.6 Å². The molecule has 2 nitrogen and oxygen atoms in total. The van der Waals surface area contributed by atoms with Gasteiger partial charge in [-0.3, -0.25) is 4.79 Å². The minimum Gasteiger partial charge on any atom is -0.337 e. The van der Waals surface area contributed by atoms with Gasteiger partial charge in [0.1, 0.15) is 0 Å². The summed E-state index contributed by atoms with van der Waals surface area (Å²) >= 11 is 5.89. The Bertz CT molecular complexity index is 380. The van der Waals surface area contributed by atoms with Crippen LogP contribution in [0.15, 0.2) is 11.4 Å². The smallest absolute Gasteiger partial charge is 0.254 e. The number of carbonyl (C=O) groups is 1. The average Bonchev–Trinajstić information content (AvgIpc) is 2.75. The molecule has 1 aromatic rings. The Morgan fingerprint density at radius 1 is 1.69 bits per heavy atom. The first-order valence-corrected chi connectivity index (χ1v) is 8.36. The third kappa shape index (κ3) is 2.92. The van der Waals surface area contributed by atoms with E-state index in [0.717, 1.165) is 30.8 Å². The molecular weight excluding hydrogens is 353 g/mol. The SMILES string of the molecule is CCC1CN(C(=O)c2csc(I)c2)CCS1. The Morgan fingerprint density at radius 3 is 3.12 bits per heavy atom. The maximum atomic E-state index is 12.2. The summed E-state index contributed by atoms with van der Waals surface area (Å²) in [7, 11) is 0. The lowest BCUT2D eigenvalue weighted by atomic mass is 10.2. The molecule has 0 N–H and O–H groups in total. The van der Waals surface area contributed by atoms with Gasteiger partial charge in [-0.2, -0.15) is 11.8 Å².